The molecule has 0 fully saturated rings. The molecule has 5 heteroatoms. The zero-order chi connectivity index (χ0) is 3.58. The summed E-state index contributed by atoms with van der Waals surface area (Å²) in [6, 6.07) is 0. The van der Waals surface area contributed by atoms with Crippen LogP contribution in [0.4, 0.5) is 0 Å². The summed E-state index contributed by atoms with van der Waals surface area (Å²) < 4.78 is 24.4. The van der Waals surface area contributed by atoms with Crippen LogP contribution < -0.4 is 0 Å². The van der Waals surface area contributed by atoms with Crippen LogP contribution in [0.3, 0.4) is 0 Å². The van der Waals surface area contributed by atoms with E-state index in [1.807, 2.05) is 0 Å². The average Bonchev–Trinajstić information content (AvgIpc) is 0.811. The molecule has 0 radical (unpaired) electrons. The van der Waals surface area contributed by atoms with E-state index < -0.39 is 15.4 Å². The number of hydrogen-bond donors (Lipinski definition) is 1. The molecule has 1 N–H and O–H groups in total. The Bertz CT molecular complexity index is 55.3. The van der Waals surface area contributed by atoms with Crippen molar-refractivity contribution in [3.63, 3.8) is 0 Å². The van der Waals surface area contributed by atoms with Crippen LogP contribution in [0.5, 0.6) is 0 Å². The molecule has 0 spiro atoms. The van der Waals surface area contributed by atoms with Crippen molar-refractivity contribution in [3.05, 3.63) is 0 Å². The second-order valence-electron chi connectivity index (χ2n) is 0.238. The summed E-state index contributed by atoms with van der Waals surface area (Å²) in [4.78, 5) is 0. The Morgan fingerprint density at radius 3 is 1.40 bits per heavy atom. The summed E-state index contributed by atoms with van der Waals surface area (Å²) >= 11 is -3.69. The molecular formula is H4O3SbV. The minimum absolute atomic E-state index is 0. The van der Waals surface area contributed by atoms with E-state index in [0.717, 1.165) is 0 Å². The van der Waals surface area contributed by atoms with Crippen molar-refractivity contribution in [1.29, 1.82) is 0 Å². The van der Waals surface area contributed by atoms with Crippen LogP contribution in [0.25, 0.3) is 0 Å². The second-order valence-corrected chi connectivity index (χ2v) is 0.981. The molecule has 0 unspecified atom stereocenters. The van der Waals surface area contributed by atoms with Gasteiger partial charge in [-0.05, 0) is 0 Å². The summed E-state index contributed by atoms with van der Waals surface area (Å²) in [5, 5.41) is 0. The molecule has 0 aliphatic heterocycles. The molecule has 0 rings (SSSR count). The third-order valence-corrected chi connectivity index (χ3v) is 0. The standard InChI is InChI=1S/H2O.2O.Sb.V.3H/h1H2;;;;;;;/q;;;;+1;;;/p-1. The molecule has 0 amide bonds. The first-order chi connectivity index (χ1) is 1.73. The van der Waals surface area contributed by atoms with Gasteiger partial charge in [-0.3, -0.25) is 0 Å². The van der Waals surface area contributed by atoms with Gasteiger partial charge in [-0.1, -0.05) is 0 Å². The van der Waals surface area contributed by atoms with Crippen molar-refractivity contribution in [2.24, 2.45) is 0 Å². The molecule has 0 aliphatic carbocycles. The van der Waals surface area contributed by atoms with Crippen molar-refractivity contribution in [2.75, 3.05) is 0 Å². The van der Waals surface area contributed by atoms with Crippen molar-refractivity contribution < 1.29 is 26.8 Å². The fraction of sp³-hybridized carbons (Fsp3) is 0. The third-order valence-electron chi connectivity index (χ3n) is 0. The van der Waals surface area contributed by atoms with Gasteiger partial charge in [0, 0.05) is 0 Å². The fourth-order valence-corrected chi connectivity index (χ4v) is 0. The molecule has 0 aromatic carbocycles. The minimum atomic E-state index is -3.69. The van der Waals surface area contributed by atoms with Gasteiger partial charge in [0.05, 0.1) is 0 Å². The summed E-state index contributed by atoms with van der Waals surface area (Å²) in [7, 11) is 0. The van der Waals surface area contributed by atoms with E-state index in [2.05, 4.69) is 0 Å². The van der Waals surface area contributed by atoms with Gasteiger partial charge in [-0.2, -0.15) is 0 Å². The van der Waals surface area contributed by atoms with Crippen molar-refractivity contribution in [2.45, 2.75) is 0 Å². The quantitative estimate of drug-likeness (QED) is 0.486. The van der Waals surface area contributed by atoms with Crippen molar-refractivity contribution in [3.8, 4) is 0 Å². The first-order valence-electron chi connectivity index (χ1n) is 0.565. The molecule has 0 saturated carbocycles. The van der Waals surface area contributed by atoms with Crippen LogP contribution in [0, 0.1) is 0 Å². The van der Waals surface area contributed by atoms with Gasteiger partial charge in [-0.25, -0.2) is 0 Å². The Morgan fingerprint density at radius 1 is 1.40 bits per heavy atom. The summed E-state index contributed by atoms with van der Waals surface area (Å²) in [6.45, 7) is 0. The topological polar surface area (TPSA) is 54.4 Å². The monoisotopic (exact) mass is 224 g/mol. The molecule has 5 heavy (non-hydrogen) atoms. The number of rotatable bonds is 0. The maximum absolute atomic E-state index is 8.67. The Labute approximate surface area is 51.2 Å². The van der Waals surface area contributed by atoms with Gasteiger partial charge in [0.2, 0.25) is 0 Å². The van der Waals surface area contributed by atoms with Gasteiger partial charge in [0.15, 0.2) is 0 Å². The van der Waals surface area contributed by atoms with Gasteiger partial charge < -0.3 is 0 Å². The average molecular weight is 225 g/mol. The van der Waals surface area contributed by atoms with Gasteiger partial charge in [-0.15, -0.1) is 0 Å². The predicted octanol–water partition coefficient (Wildman–Crippen LogP) is -1.98. The molecule has 0 bridgehead atoms. The maximum atomic E-state index is 8.67. The Morgan fingerprint density at radius 2 is 1.40 bits per heavy atom. The fourth-order valence-electron chi connectivity index (χ4n) is 0. The van der Waals surface area contributed by atoms with E-state index in [1.54, 1.807) is 0 Å². The van der Waals surface area contributed by atoms with E-state index >= 15 is 0 Å². The SMILES string of the molecule is [O]=[V](=[O])[OH].[SbH3]. The summed E-state index contributed by atoms with van der Waals surface area (Å²) in [5.41, 5.74) is 0. The summed E-state index contributed by atoms with van der Waals surface area (Å²) in [6.07, 6.45) is 0. The van der Waals surface area contributed by atoms with Gasteiger partial charge in [0.1, 0.15) is 0 Å². The molecule has 0 aromatic rings. The van der Waals surface area contributed by atoms with Crippen LogP contribution in [-0.4, -0.2) is 28.5 Å². The molecule has 0 aromatic heterocycles. The van der Waals surface area contributed by atoms with Crippen LogP contribution in [0.2, 0.25) is 0 Å². The molecule has 0 aliphatic rings. The van der Waals surface area contributed by atoms with Gasteiger partial charge in [0.25, 0.3) is 0 Å². The van der Waals surface area contributed by atoms with E-state index in [9.17, 15) is 0 Å². The molecule has 32 valence electrons. The van der Waals surface area contributed by atoms with Gasteiger partial charge >= 0.3 is 51.2 Å². The molecule has 0 atom stereocenters. The van der Waals surface area contributed by atoms with Crippen LogP contribution in [-0.2, 0) is 22.7 Å². The van der Waals surface area contributed by atoms with E-state index in [4.69, 9.17) is 11.4 Å². The van der Waals surface area contributed by atoms with Crippen LogP contribution in [0.1, 0.15) is 0 Å². The van der Waals surface area contributed by atoms with E-state index in [-0.39, 0.29) is 24.4 Å². The Kier molecular flexibility index (Phi) is 9.28. The first-order valence-corrected chi connectivity index (χ1v) is 2.33. The van der Waals surface area contributed by atoms with Crippen LogP contribution in [0.15, 0.2) is 0 Å². The number of hydrogen-bond acceptors (Lipinski definition) is 2. The summed E-state index contributed by atoms with van der Waals surface area (Å²) in [5.74, 6) is 0. The van der Waals surface area contributed by atoms with E-state index in [0.29, 0.717) is 0 Å². The molecule has 3 nitrogen and oxygen atoms in total. The zero-order valence-electron chi connectivity index (χ0n) is 2.42. The molecule has 0 heterocycles. The second kappa shape index (κ2) is 4.96. The van der Waals surface area contributed by atoms with Crippen molar-refractivity contribution >= 4 is 24.4 Å². The van der Waals surface area contributed by atoms with Crippen molar-refractivity contribution in [1.82, 2.24) is 0 Å². The van der Waals surface area contributed by atoms with E-state index in [1.165, 1.54) is 0 Å². The Balaban J connectivity index is 0. The third kappa shape index (κ3) is 47.0. The Hall–Kier alpha value is 0.963. The molecular weight excluding hydrogens is 221 g/mol. The predicted molar refractivity (Wildman–Crippen MR) is 13.5 cm³/mol. The molecule has 0 saturated heterocycles. The van der Waals surface area contributed by atoms with Crippen LogP contribution >= 0.6 is 0 Å². The first kappa shape index (κ1) is 9.35. The normalized spacial score (nSPS) is 5.00. The zero-order valence-corrected chi connectivity index (χ0v) is 7.85.